The number of benzene rings is 2. The number of sulfonamides is 1. The number of hydrogen-bond acceptors (Lipinski definition) is 5. The number of carbonyl (C=O) groups is 2. The topological polar surface area (TPSA) is 98.8 Å². The lowest BCUT2D eigenvalue weighted by atomic mass is 10.2. The van der Waals surface area contributed by atoms with Crippen LogP contribution in [0.2, 0.25) is 0 Å². The van der Waals surface area contributed by atoms with E-state index in [4.69, 9.17) is 0 Å². The lowest BCUT2D eigenvalue weighted by Crippen LogP contribution is -2.50. The molecule has 0 bridgehead atoms. The summed E-state index contributed by atoms with van der Waals surface area (Å²) in [4.78, 5) is 26.1. The Balaban J connectivity index is 1.52. The molecule has 0 aliphatic carbocycles. The molecule has 0 radical (unpaired) electrons. The van der Waals surface area contributed by atoms with Gasteiger partial charge >= 0.3 is 0 Å². The van der Waals surface area contributed by atoms with Gasteiger partial charge in [-0.1, -0.05) is 22.0 Å². The van der Waals surface area contributed by atoms with Gasteiger partial charge in [-0.05, 0) is 42.5 Å². The third-order valence-corrected chi connectivity index (χ3v) is 7.18. The minimum atomic E-state index is -3.55. The van der Waals surface area contributed by atoms with Crippen molar-refractivity contribution in [2.45, 2.75) is 4.90 Å². The summed E-state index contributed by atoms with van der Waals surface area (Å²) in [5.74, 6) is -0.380. The minimum Gasteiger partial charge on any atom is -0.355 e. The molecule has 8 nitrogen and oxygen atoms in total. The van der Waals surface area contributed by atoms with E-state index in [1.165, 1.54) is 4.31 Å². The molecule has 10 heteroatoms. The van der Waals surface area contributed by atoms with Crippen LogP contribution in [0.15, 0.2) is 57.9 Å². The zero-order valence-electron chi connectivity index (χ0n) is 16.5. The van der Waals surface area contributed by atoms with E-state index in [1.54, 1.807) is 55.6 Å². The number of piperazine rings is 1. The normalized spacial score (nSPS) is 15.5. The van der Waals surface area contributed by atoms with Crippen molar-refractivity contribution in [3.63, 3.8) is 0 Å². The van der Waals surface area contributed by atoms with Gasteiger partial charge in [0.1, 0.15) is 0 Å². The third kappa shape index (κ3) is 5.45. The second-order valence-corrected chi connectivity index (χ2v) is 9.70. The Bertz CT molecular complexity index is 1020. The largest absolute Gasteiger partial charge is 0.355 e. The predicted octanol–water partition coefficient (Wildman–Crippen LogP) is 1.75. The van der Waals surface area contributed by atoms with Crippen LogP contribution < -0.4 is 10.6 Å². The van der Waals surface area contributed by atoms with Gasteiger partial charge in [-0.2, -0.15) is 4.31 Å². The summed E-state index contributed by atoms with van der Waals surface area (Å²) in [6, 6.07) is 13.3. The highest BCUT2D eigenvalue weighted by Crippen LogP contribution is 2.21. The molecule has 0 spiro atoms. The van der Waals surface area contributed by atoms with E-state index in [9.17, 15) is 18.0 Å². The first-order valence-corrected chi connectivity index (χ1v) is 11.6. The fraction of sp³-hybridized carbons (Fsp3) is 0.300. The number of carbonyl (C=O) groups excluding carboxylic acids is 2. The Morgan fingerprint density at radius 3 is 2.30 bits per heavy atom. The molecule has 160 valence electrons. The van der Waals surface area contributed by atoms with Crippen LogP contribution in [0, 0.1) is 0 Å². The molecule has 0 saturated carbocycles. The van der Waals surface area contributed by atoms with Gasteiger partial charge in [0.15, 0.2) is 0 Å². The fourth-order valence-electron chi connectivity index (χ4n) is 3.16. The number of amides is 2. The molecule has 30 heavy (non-hydrogen) atoms. The zero-order valence-corrected chi connectivity index (χ0v) is 18.9. The lowest BCUT2D eigenvalue weighted by Gasteiger charge is -2.33. The van der Waals surface area contributed by atoms with Crippen molar-refractivity contribution >= 4 is 43.5 Å². The van der Waals surface area contributed by atoms with Crippen molar-refractivity contribution < 1.29 is 18.0 Å². The zero-order chi connectivity index (χ0) is 21.7. The number of hydrogen-bond donors (Lipinski definition) is 2. The third-order valence-electron chi connectivity index (χ3n) is 4.79. The Kier molecular flexibility index (Phi) is 7.24. The van der Waals surface area contributed by atoms with E-state index in [0.717, 1.165) is 0 Å². The number of anilines is 1. The summed E-state index contributed by atoms with van der Waals surface area (Å²) in [7, 11) is -2.00. The molecule has 3 rings (SSSR count). The molecule has 2 amide bonds. The maximum atomic E-state index is 12.8. The molecule has 1 aliphatic heterocycles. The molecule has 2 N–H and O–H groups in total. The molecule has 2 aromatic rings. The number of rotatable bonds is 6. The molecule has 0 aromatic heterocycles. The molecule has 1 aliphatic rings. The van der Waals surface area contributed by atoms with Crippen LogP contribution in [0.25, 0.3) is 0 Å². The lowest BCUT2D eigenvalue weighted by molar-refractivity contribution is -0.117. The van der Waals surface area contributed by atoms with E-state index in [2.05, 4.69) is 26.6 Å². The summed E-state index contributed by atoms with van der Waals surface area (Å²) < 4.78 is 27.7. The van der Waals surface area contributed by atoms with Crippen LogP contribution in [-0.2, 0) is 14.8 Å². The molecule has 2 aromatic carbocycles. The van der Waals surface area contributed by atoms with Crippen molar-refractivity contribution in [3.05, 3.63) is 58.6 Å². The highest BCUT2D eigenvalue weighted by Gasteiger charge is 2.29. The molecule has 0 atom stereocenters. The van der Waals surface area contributed by atoms with Gasteiger partial charge in [-0.3, -0.25) is 14.5 Å². The second kappa shape index (κ2) is 9.69. The summed E-state index contributed by atoms with van der Waals surface area (Å²) in [5.41, 5.74) is 1.11. The van der Waals surface area contributed by atoms with Crippen LogP contribution in [0.4, 0.5) is 5.69 Å². The van der Waals surface area contributed by atoms with Gasteiger partial charge in [0.25, 0.3) is 5.91 Å². The molecule has 0 unspecified atom stereocenters. The van der Waals surface area contributed by atoms with Gasteiger partial charge in [-0.15, -0.1) is 0 Å². The average molecular weight is 495 g/mol. The van der Waals surface area contributed by atoms with Crippen LogP contribution in [-0.4, -0.2) is 69.2 Å². The van der Waals surface area contributed by atoms with Gasteiger partial charge in [0.05, 0.1) is 11.4 Å². The van der Waals surface area contributed by atoms with E-state index in [0.29, 0.717) is 41.9 Å². The van der Waals surface area contributed by atoms with Crippen molar-refractivity contribution in [3.8, 4) is 0 Å². The van der Waals surface area contributed by atoms with E-state index in [1.807, 2.05) is 4.90 Å². The number of halogens is 1. The van der Waals surface area contributed by atoms with Gasteiger partial charge in [0.2, 0.25) is 15.9 Å². The fourth-order valence-corrected chi connectivity index (χ4v) is 5.18. The summed E-state index contributed by atoms with van der Waals surface area (Å²) in [6.07, 6.45) is 0. The summed E-state index contributed by atoms with van der Waals surface area (Å²) in [5, 5.41) is 5.34. The quantitative estimate of drug-likeness (QED) is 0.637. The van der Waals surface area contributed by atoms with E-state index in [-0.39, 0.29) is 23.3 Å². The summed E-state index contributed by atoms with van der Waals surface area (Å²) >= 11 is 3.30. The number of nitrogens with one attached hydrogen (secondary N) is 2. The first-order valence-electron chi connectivity index (χ1n) is 9.39. The second-order valence-electron chi connectivity index (χ2n) is 6.84. The Hall–Kier alpha value is -2.27. The first-order chi connectivity index (χ1) is 14.3. The van der Waals surface area contributed by atoms with Crippen molar-refractivity contribution in [1.29, 1.82) is 0 Å². The Morgan fingerprint density at radius 2 is 1.70 bits per heavy atom. The molecule has 1 heterocycles. The molecular weight excluding hydrogens is 472 g/mol. The van der Waals surface area contributed by atoms with Gasteiger partial charge < -0.3 is 10.6 Å². The van der Waals surface area contributed by atoms with Gasteiger partial charge in [0, 0.05) is 49.0 Å². The molecule has 1 saturated heterocycles. The van der Waals surface area contributed by atoms with Crippen LogP contribution in [0.5, 0.6) is 0 Å². The van der Waals surface area contributed by atoms with Crippen molar-refractivity contribution in [2.75, 3.05) is 45.1 Å². The van der Waals surface area contributed by atoms with Crippen LogP contribution in [0.1, 0.15) is 10.4 Å². The average Bonchev–Trinajstić information content (AvgIpc) is 2.74. The van der Waals surface area contributed by atoms with E-state index < -0.39 is 10.0 Å². The van der Waals surface area contributed by atoms with Crippen LogP contribution >= 0.6 is 15.9 Å². The highest BCUT2D eigenvalue weighted by atomic mass is 79.9. The Morgan fingerprint density at radius 1 is 1.03 bits per heavy atom. The predicted molar refractivity (Wildman–Crippen MR) is 118 cm³/mol. The standard InChI is InChI=1S/C20H23BrN4O4S/c1-22-20(27)15-5-7-17(8-6-15)23-19(26)14-24-9-11-25(12-10-24)30(28,29)18-4-2-3-16(21)13-18/h2-8,13H,9-12,14H2,1H3,(H,22,27)(H,23,26). The minimum absolute atomic E-state index is 0.169. The molecule has 1 fully saturated rings. The van der Waals surface area contributed by atoms with Crippen molar-refractivity contribution in [1.82, 2.24) is 14.5 Å². The van der Waals surface area contributed by atoms with Crippen LogP contribution in [0.3, 0.4) is 0 Å². The maximum Gasteiger partial charge on any atom is 0.251 e. The highest BCUT2D eigenvalue weighted by molar-refractivity contribution is 9.10. The monoisotopic (exact) mass is 494 g/mol. The number of nitrogens with zero attached hydrogens (tertiary/aromatic N) is 2. The Labute approximate surface area is 184 Å². The van der Waals surface area contributed by atoms with Gasteiger partial charge in [-0.25, -0.2) is 8.42 Å². The first kappa shape index (κ1) is 22.4. The van der Waals surface area contributed by atoms with Crippen molar-refractivity contribution in [2.24, 2.45) is 0 Å². The molecular formula is C20H23BrN4O4S. The SMILES string of the molecule is CNC(=O)c1ccc(NC(=O)CN2CCN(S(=O)(=O)c3cccc(Br)c3)CC2)cc1. The maximum absolute atomic E-state index is 12.8. The summed E-state index contributed by atoms with van der Waals surface area (Å²) in [6.45, 7) is 1.75. The smallest absolute Gasteiger partial charge is 0.251 e. The van der Waals surface area contributed by atoms with E-state index >= 15 is 0 Å².